The molecule has 1 aromatic heterocycles. The van der Waals surface area contributed by atoms with Gasteiger partial charge in [0.05, 0.1) is 11.7 Å². The van der Waals surface area contributed by atoms with E-state index in [0.29, 0.717) is 5.69 Å². The third kappa shape index (κ3) is 2.96. The van der Waals surface area contributed by atoms with Gasteiger partial charge in [-0.3, -0.25) is 4.79 Å². The van der Waals surface area contributed by atoms with Gasteiger partial charge in [-0.05, 0) is 32.0 Å². The van der Waals surface area contributed by atoms with Crippen LogP contribution >= 0.6 is 0 Å². The Morgan fingerprint density at radius 2 is 2.11 bits per heavy atom. The molecular formula is C13H12F2N2O2. The maximum Gasteiger partial charge on any atom is 0.290 e. The lowest BCUT2D eigenvalue weighted by Crippen LogP contribution is -2.27. The molecule has 1 N–H and O–H groups in total. The molecule has 0 spiro atoms. The number of amides is 1. The molecule has 0 bridgehead atoms. The highest BCUT2D eigenvalue weighted by molar-refractivity contribution is 5.91. The second-order valence-electron chi connectivity index (χ2n) is 4.19. The molecule has 0 aliphatic heterocycles. The second kappa shape index (κ2) is 5.17. The molecule has 1 amide bonds. The molecule has 4 nitrogen and oxygen atoms in total. The molecule has 0 unspecified atom stereocenters. The molecule has 100 valence electrons. The average Bonchev–Trinajstić information content (AvgIpc) is 2.79. The summed E-state index contributed by atoms with van der Waals surface area (Å²) in [5.41, 5.74) is 0.638. The van der Waals surface area contributed by atoms with Crippen LogP contribution in [0.2, 0.25) is 0 Å². The van der Waals surface area contributed by atoms with Gasteiger partial charge in [0.2, 0.25) is 5.76 Å². The summed E-state index contributed by atoms with van der Waals surface area (Å²) in [4.78, 5) is 11.8. The van der Waals surface area contributed by atoms with E-state index in [1.54, 1.807) is 13.8 Å². The average molecular weight is 266 g/mol. The van der Waals surface area contributed by atoms with Crippen molar-refractivity contribution in [2.75, 3.05) is 0 Å². The maximum absolute atomic E-state index is 13.5. The molecule has 2 rings (SSSR count). The molecule has 1 atom stereocenters. The standard InChI is InChI=1S/C13H12F2N2O2/c1-7-5-12(19-17-7)13(18)16-8(2)10-6-9(14)3-4-11(10)15/h3-6,8H,1-2H3,(H,16,18)/t8-/m0/s1. The van der Waals surface area contributed by atoms with E-state index in [9.17, 15) is 13.6 Å². The van der Waals surface area contributed by atoms with Crippen LogP contribution in [-0.2, 0) is 0 Å². The minimum absolute atomic E-state index is 0.0289. The number of halogens is 2. The Hall–Kier alpha value is -2.24. The van der Waals surface area contributed by atoms with Crippen LogP contribution in [0.5, 0.6) is 0 Å². The molecule has 1 aromatic carbocycles. The molecule has 0 saturated carbocycles. The summed E-state index contributed by atoms with van der Waals surface area (Å²) in [6.07, 6.45) is 0. The van der Waals surface area contributed by atoms with Crippen molar-refractivity contribution in [3.63, 3.8) is 0 Å². The molecule has 0 aliphatic rings. The number of hydrogen-bond acceptors (Lipinski definition) is 3. The number of rotatable bonds is 3. The highest BCUT2D eigenvalue weighted by Gasteiger charge is 2.18. The highest BCUT2D eigenvalue weighted by atomic mass is 19.1. The van der Waals surface area contributed by atoms with E-state index >= 15 is 0 Å². The van der Waals surface area contributed by atoms with Gasteiger partial charge in [0.25, 0.3) is 5.91 Å². The van der Waals surface area contributed by atoms with Crippen molar-refractivity contribution in [1.29, 1.82) is 0 Å². The Balaban J connectivity index is 2.14. The molecule has 19 heavy (non-hydrogen) atoms. The van der Waals surface area contributed by atoms with E-state index in [1.807, 2.05) is 0 Å². The summed E-state index contributed by atoms with van der Waals surface area (Å²) in [5.74, 6) is -1.64. The van der Waals surface area contributed by atoms with Crippen LogP contribution in [0.3, 0.4) is 0 Å². The summed E-state index contributed by atoms with van der Waals surface area (Å²) in [7, 11) is 0. The number of benzene rings is 1. The lowest BCUT2D eigenvalue weighted by atomic mass is 10.1. The van der Waals surface area contributed by atoms with Crippen molar-refractivity contribution < 1.29 is 18.1 Å². The van der Waals surface area contributed by atoms with Gasteiger partial charge in [0.1, 0.15) is 11.6 Å². The van der Waals surface area contributed by atoms with Gasteiger partial charge in [-0.25, -0.2) is 8.78 Å². The number of nitrogens with one attached hydrogen (secondary N) is 1. The molecule has 0 radical (unpaired) electrons. The van der Waals surface area contributed by atoms with Gasteiger partial charge < -0.3 is 9.84 Å². The summed E-state index contributed by atoms with van der Waals surface area (Å²) in [5, 5.41) is 6.09. The molecule has 0 saturated heterocycles. The number of aryl methyl sites for hydroxylation is 1. The van der Waals surface area contributed by atoms with Crippen molar-refractivity contribution in [2.24, 2.45) is 0 Å². The minimum atomic E-state index is -0.686. The van der Waals surface area contributed by atoms with E-state index in [4.69, 9.17) is 4.52 Å². The first-order valence-corrected chi connectivity index (χ1v) is 5.66. The Bertz CT molecular complexity index is 610. The van der Waals surface area contributed by atoms with Crippen LogP contribution in [0, 0.1) is 18.6 Å². The predicted molar refractivity (Wildman–Crippen MR) is 63.5 cm³/mol. The van der Waals surface area contributed by atoms with E-state index in [0.717, 1.165) is 18.2 Å². The normalized spacial score (nSPS) is 12.2. The lowest BCUT2D eigenvalue weighted by Gasteiger charge is -2.14. The third-order valence-corrected chi connectivity index (χ3v) is 2.62. The molecule has 0 aliphatic carbocycles. The van der Waals surface area contributed by atoms with Crippen LogP contribution in [0.25, 0.3) is 0 Å². The number of hydrogen-bond donors (Lipinski definition) is 1. The highest BCUT2D eigenvalue weighted by Crippen LogP contribution is 2.18. The number of carbonyl (C=O) groups is 1. The zero-order valence-electron chi connectivity index (χ0n) is 10.4. The summed E-state index contributed by atoms with van der Waals surface area (Å²) in [6.45, 7) is 3.23. The van der Waals surface area contributed by atoms with Gasteiger partial charge >= 0.3 is 0 Å². The van der Waals surface area contributed by atoms with Crippen molar-refractivity contribution in [3.05, 3.63) is 52.9 Å². The molecule has 0 fully saturated rings. The number of nitrogens with zero attached hydrogens (tertiary/aromatic N) is 1. The molecule has 6 heteroatoms. The first kappa shape index (κ1) is 13.2. The number of carbonyl (C=O) groups excluding carboxylic acids is 1. The fourth-order valence-electron chi connectivity index (χ4n) is 1.66. The monoisotopic (exact) mass is 266 g/mol. The first-order chi connectivity index (χ1) is 8.97. The van der Waals surface area contributed by atoms with E-state index in [-0.39, 0.29) is 11.3 Å². The Morgan fingerprint density at radius 3 is 2.74 bits per heavy atom. The van der Waals surface area contributed by atoms with Crippen molar-refractivity contribution in [1.82, 2.24) is 10.5 Å². The molecule has 2 aromatic rings. The fraction of sp³-hybridized carbons (Fsp3) is 0.231. The van der Waals surface area contributed by atoms with Gasteiger partial charge in [0, 0.05) is 11.6 Å². The number of aromatic nitrogens is 1. The van der Waals surface area contributed by atoms with E-state index < -0.39 is 23.6 Å². The van der Waals surface area contributed by atoms with E-state index in [1.165, 1.54) is 6.07 Å². The quantitative estimate of drug-likeness (QED) is 0.929. The Labute approximate surface area is 108 Å². The van der Waals surface area contributed by atoms with Gasteiger partial charge in [-0.2, -0.15) is 0 Å². The van der Waals surface area contributed by atoms with Crippen molar-refractivity contribution in [3.8, 4) is 0 Å². The van der Waals surface area contributed by atoms with Crippen LogP contribution in [-0.4, -0.2) is 11.1 Å². The van der Waals surface area contributed by atoms with Gasteiger partial charge in [-0.15, -0.1) is 0 Å². The molecular weight excluding hydrogens is 254 g/mol. The largest absolute Gasteiger partial charge is 0.351 e. The van der Waals surface area contributed by atoms with Crippen molar-refractivity contribution >= 4 is 5.91 Å². The summed E-state index contributed by atoms with van der Waals surface area (Å²) >= 11 is 0. The smallest absolute Gasteiger partial charge is 0.290 e. The van der Waals surface area contributed by atoms with Gasteiger partial charge in [0.15, 0.2) is 0 Å². The third-order valence-electron chi connectivity index (χ3n) is 2.62. The second-order valence-corrected chi connectivity index (χ2v) is 4.19. The summed E-state index contributed by atoms with van der Waals surface area (Å²) < 4.78 is 31.4. The van der Waals surface area contributed by atoms with Crippen LogP contribution in [0.1, 0.15) is 34.8 Å². The summed E-state index contributed by atoms with van der Waals surface area (Å²) in [6, 6.07) is 3.86. The zero-order chi connectivity index (χ0) is 14.0. The predicted octanol–water partition coefficient (Wildman–Crippen LogP) is 2.75. The topological polar surface area (TPSA) is 55.1 Å². The van der Waals surface area contributed by atoms with E-state index in [2.05, 4.69) is 10.5 Å². The molecule has 1 heterocycles. The van der Waals surface area contributed by atoms with Gasteiger partial charge in [-0.1, -0.05) is 5.16 Å². The Kier molecular flexibility index (Phi) is 3.59. The SMILES string of the molecule is Cc1cc(C(=O)N[C@@H](C)c2cc(F)ccc2F)on1. The fourth-order valence-corrected chi connectivity index (χ4v) is 1.66. The lowest BCUT2D eigenvalue weighted by molar-refractivity contribution is 0.0902. The Morgan fingerprint density at radius 1 is 1.37 bits per heavy atom. The van der Waals surface area contributed by atoms with Crippen LogP contribution in [0.15, 0.2) is 28.8 Å². The van der Waals surface area contributed by atoms with Crippen LogP contribution < -0.4 is 5.32 Å². The minimum Gasteiger partial charge on any atom is -0.351 e. The van der Waals surface area contributed by atoms with Crippen LogP contribution in [0.4, 0.5) is 8.78 Å². The zero-order valence-corrected chi connectivity index (χ0v) is 10.4. The van der Waals surface area contributed by atoms with Crippen molar-refractivity contribution in [2.45, 2.75) is 19.9 Å². The first-order valence-electron chi connectivity index (χ1n) is 5.66. The maximum atomic E-state index is 13.5.